The Morgan fingerprint density at radius 3 is 2.35 bits per heavy atom. The lowest BCUT2D eigenvalue weighted by molar-refractivity contribution is -0.121. The summed E-state index contributed by atoms with van der Waals surface area (Å²) in [4.78, 5) is 11.5. The van der Waals surface area contributed by atoms with E-state index in [1.165, 1.54) is 0 Å². The van der Waals surface area contributed by atoms with Crippen molar-refractivity contribution in [2.75, 3.05) is 0 Å². The van der Waals surface area contributed by atoms with E-state index in [9.17, 15) is 22.4 Å². The molecule has 0 amide bonds. The van der Waals surface area contributed by atoms with Crippen molar-refractivity contribution in [1.29, 1.82) is 0 Å². The van der Waals surface area contributed by atoms with Gasteiger partial charge in [-0.05, 0) is 18.9 Å². The summed E-state index contributed by atoms with van der Waals surface area (Å²) in [5.74, 6) is -7.71. The third kappa shape index (κ3) is 2.06. The summed E-state index contributed by atoms with van der Waals surface area (Å²) in [6.45, 7) is 0. The van der Waals surface area contributed by atoms with Gasteiger partial charge in [-0.3, -0.25) is 4.79 Å². The van der Waals surface area contributed by atoms with Gasteiger partial charge in [-0.15, -0.1) is 0 Å². The molecule has 92 valence electrons. The lowest BCUT2D eigenvalue weighted by atomic mass is 9.82. The van der Waals surface area contributed by atoms with Crippen molar-refractivity contribution in [2.45, 2.75) is 31.6 Å². The molecule has 0 radical (unpaired) electrons. The fourth-order valence-corrected chi connectivity index (χ4v) is 2.16. The topological polar surface area (TPSA) is 17.1 Å². The van der Waals surface area contributed by atoms with Crippen molar-refractivity contribution >= 4 is 5.78 Å². The van der Waals surface area contributed by atoms with Crippen LogP contribution in [0.5, 0.6) is 0 Å². The first-order valence-corrected chi connectivity index (χ1v) is 5.38. The van der Waals surface area contributed by atoms with Crippen molar-refractivity contribution in [3.63, 3.8) is 0 Å². The van der Waals surface area contributed by atoms with Crippen molar-refractivity contribution in [1.82, 2.24) is 0 Å². The van der Waals surface area contributed by atoms with E-state index in [0.29, 0.717) is 25.3 Å². The zero-order valence-corrected chi connectivity index (χ0v) is 8.90. The molecule has 5 heteroatoms. The molecular weight excluding hydrogens is 236 g/mol. The van der Waals surface area contributed by atoms with Gasteiger partial charge in [0.25, 0.3) is 0 Å². The van der Waals surface area contributed by atoms with Gasteiger partial charge in [0.05, 0.1) is 0 Å². The maximum atomic E-state index is 13.5. The van der Waals surface area contributed by atoms with Crippen LogP contribution in [-0.4, -0.2) is 5.78 Å². The normalized spacial score (nSPS) is 20.7. The van der Waals surface area contributed by atoms with Crippen molar-refractivity contribution in [3.8, 4) is 0 Å². The van der Waals surface area contributed by atoms with Crippen LogP contribution in [0.3, 0.4) is 0 Å². The van der Waals surface area contributed by atoms with Gasteiger partial charge in [0.2, 0.25) is 0 Å². The molecule has 1 aliphatic rings. The molecule has 0 N–H and O–H groups in total. The first kappa shape index (κ1) is 12.1. The molecule has 0 heterocycles. The largest absolute Gasteiger partial charge is 0.299 e. The summed E-state index contributed by atoms with van der Waals surface area (Å²) in [7, 11) is 0. The summed E-state index contributed by atoms with van der Waals surface area (Å²) in [6.07, 6.45) is 2.00. The quantitative estimate of drug-likeness (QED) is 0.421. The highest BCUT2D eigenvalue weighted by Crippen LogP contribution is 2.33. The Labute approximate surface area is 95.4 Å². The Kier molecular flexibility index (Phi) is 3.17. The van der Waals surface area contributed by atoms with Crippen LogP contribution in [0.15, 0.2) is 6.07 Å². The highest BCUT2D eigenvalue weighted by atomic mass is 19.2. The standard InChI is InChI=1S/C12H10F4O/c13-8-5-7(10(14)12(16)11(8)15)6-3-1-2-4-9(6)17/h5-6H,1-4H2. The van der Waals surface area contributed by atoms with Gasteiger partial charge in [-0.25, -0.2) is 17.6 Å². The number of carbonyl (C=O) groups is 1. The van der Waals surface area contributed by atoms with Crippen LogP contribution in [0.4, 0.5) is 17.6 Å². The minimum Gasteiger partial charge on any atom is -0.299 e. The molecule has 1 aliphatic carbocycles. The van der Waals surface area contributed by atoms with Crippen LogP contribution in [0, 0.1) is 23.3 Å². The first-order chi connectivity index (χ1) is 8.02. The number of hydrogen-bond acceptors (Lipinski definition) is 1. The lowest BCUT2D eigenvalue weighted by Gasteiger charge is -2.21. The van der Waals surface area contributed by atoms with Crippen molar-refractivity contribution in [3.05, 3.63) is 34.9 Å². The second kappa shape index (κ2) is 4.47. The van der Waals surface area contributed by atoms with E-state index in [4.69, 9.17) is 0 Å². The summed E-state index contributed by atoms with van der Waals surface area (Å²) in [6, 6.07) is 0.585. The van der Waals surface area contributed by atoms with Crippen LogP contribution < -0.4 is 0 Å². The molecule has 1 nitrogen and oxygen atoms in total. The number of hydrogen-bond donors (Lipinski definition) is 0. The Morgan fingerprint density at radius 1 is 1.00 bits per heavy atom. The molecule has 1 atom stereocenters. The molecule has 17 heavy (non-hydrogen) atoms. The molecule has 1 aromatic rings. The summed E-state index contributed by atoms with van der Waals surface area (Å²) in [5, 5.41) is 0. The van der Waals surface area contributed by atoms with Gasteiger partial charge in [-0.2, -0.15) is 0 Å². The monoisotopic (exact) mass is 246 g/mol. The van der Waals surface area contributed by atoms with E-state index in [2.05, 4.69) is 0 Å². The SMILES string of the molecule is O=C1CCCCC1c1cc(F)c(F)c(F)c1F. The van der Waals surface area contributed by atoms with Crippen molar-refractivity contribution < 1.29 is 22.4 Å². The minimum absolute atomic E-state index is 0.249. The van der Waals surface area contributed by atoms with Crippen molar-refractivity contribution in [2.24, 2.45) is 0 Å². The first-order valence-electron chi connectivity index (χ1n) is 5.38. The molecule has 1 unspecified atom stereocenters. The van der Waals surface area contributed by atoms with E-state index in [1.54, 1.807) is 0 Å². The van der Waals surface area contributed by atoms with Gasteiger partial charge in [0.15, 0.2) is 23.3 Å². The van der Waals surface area contributed by atoms with Gasteiger partial charge in [-0.1, -0.05) is 6.42 Å². The number of rotatable bonds is 1. The smallest absolute Gasteiger partial charge is 0.197 e. The molecule has 0 aromatic heterocycles. The molecule has 0 spiro atoms. The Balaban J connectivity index is 2.48. The Hall–Kier alpha value is -1.39. The second-order valence-electron chi connectivity index (χ2n) is 4.15. The lowest BCUT2D eigenvalue weighted by Crippen LogP contribution is -2.19. The van der Waals surface area contributed by atoms with E-state index < -0.39 is 29.2 Å². The van der Waals surface area contributed by atoms with E-state index in [0.717, 1.165) is 0 Å². The third-order valence-electron chi connectivity index (χ3n) is 3.06. The molecule has 0 bridgehead atoms. The number of halogens is 4. The minimum atomic E-state index is -1.85. The van der Waals surface area contributed by atoms with Gasteiger partial charge in [0, 0.05) is 17.9 Å². The summed E-state index contributed by atoms with van der Waals surface area (Å²) < 4.78 is 52.3. The zero-order valence-electron chi connectivity index (χ0n) is 8.90. The highest BCUT2D eigenvalue weighted by Gasteiger charge is 2.30. The summed E-state index contributed by atoms with van der Waals surface area (Å²) >= 11 is 0. The van der Waals surface area contributed by atoms with Crippen LogP contribution in [0.1, 0.15) is 37.2 Å². The maximum absolute atomic E-state index is 13.5. The van der Waals surface area contributed by atoms with E-state index >= 15 is 0 Å². The van der Waals surface area contributed by atoms with Gasteiger partial charge in [0.1, 0.15) is 5.78 Å². The highest BCUT2D eigenvalue weighted by molar-refractivity contribution is 5.86. The molecule has 1 saturated carbocycles. The predicted octanol–water partition coefficient (Wildman–Crippen LogP) is 3.47. The van der Waals surface area contributed by atoms with Crippen LogP contribution in [-0.2, 0) is 4.79 Å². The molecule has 2 rings (SSSR count). The number of carbonyl (C=O) groups excluding carboxylic acids is 1. The average molecular weight is 246 g/mol. The maximum Gasteiger partial charge on any atom is 0.197 e. The fourth-order valence-electron chi connectivity index (χ4n) is 2.16. The fraction of sp³-hybridized carbons (Fsp3) is 0.417. The average Bonchev–Trinajstić information content (AvgIpc) is 2.32. The second-order valence-corrected chi connectivity index (χ2v) is 4.15. The zero-order chi connectivity index (χ0) is 12.6. The number of ketones is 1. The Morgan fingerprint density at radius 2 is 1.71 bits per heavy atom. The molecule has 1 fully saturated rings. The molecule has 0 aliphatic heterocycles. The van der Waals surface area contributed by atoms with E-state index in [1.807, 2.05) is 0 Å². The molecule has 1 aromatic carbocycles. The number of Topliss-reactive ketones (excluding diaryl/α,β-unsaturated/α-hetero) is 1. The van der Waals surface area contributed by atoms with Crippen LogP contribution >= 0.6 is 0 Å². The summed E-state index contributed by atoms with van der Waals surface area (Å²) in [5.41, 5.74) is -0.369. The van der Waals surface area contributed by atoms with Gasteiger partial charge >= 0.3 is 0 Å². The third-order valence-corrected chi connectivity index (χ3v) is 3.06. The predicted molar refractivity (Wildman–Crippen MR) is 52.5 cm³/mol. The van der Waals surface area contributed by atoms with Gasteiger partial charge < -0.3 is 0 Å². The van der Waals surface area contributed by atoms with E-state index in [-0.39, 0.29) is 17.8 Å². The Bertz CT molecular complexity index is 470. The molecular formula is C12H10F4O. The molecule has 0 saturated heterocycles. The van der Waals surface area contributed by atoms with Crippen LogP contribution in [0.2, 0.25) is 0 Å². The van der Waals surface area contributed by atoms with Crippen LogP contribution in [0.25, 0.3) is 0 Å². The number of benzene rings is 1.